The monoisotopic (exact) mass is 380 g/mol. The number of carbonyl (C=O) groups excluding carboxylic acids is 2. The molecule has 0 aromatic heterocycles. The van der Waals surface area contributed by atoms with Gasteiger partial charge in [0.25, 0.3) is 0 Å². The first kappa shape index (κ1) is 19.6. The minimum Gasteiger partial charge on any atom is -0.460 e. The molecule has 28 heavy (non-hydrogen) atoms. The molecular formula is C22H24N2O4. The van der Waals surface area contributed by atoms with Crippen molar-refractivity contribution in [1.82, 2.24) is 10.2 Å². The lowest BCUT2D eigenvalue weighted by Gasteiger charge is -2.35. The van der Waals surface area contributed by atoms with Crippen LogP contribution in [0.1, 0.15) is 24.1 Å². The number of nitrogens with zero attached hydrogens (tertiary/aromatic N) is 1. The summed E-state index contributed by atoms with van der Waals surface area (Å²) >= 11 is 0. The standard InChI is InChI=1S/C22H24N2O4/c1-16-19(21(25)28-14-13-27-2)20(18-11-7-4-8-12-18)23-22(26)24(16)15-17-9-5-3-6-10-17/h3-12,20H,13-15H2,1-2H3,(H,23,26)/t20-/m1/s1. The van der Waals surface area contributed by atoms with E-state index in [1.807, 2.05) is 60.7 Å². The lowest BCUT2D eigenvalue weighted by Crippen LogP contribution is -2.47. The summed E-state index contributed by atoms with van der Waals surface area (Å²) in [6.07, 6.45) is 0. The zero-order valence-electron chi connectivity index (χ0n) is 16.1. The highest BCUT2D eigenvalue weighted by molar-refractivity contribution is 5.95. The van der Waals surface area contributed by atoms with E-state index in [0.717, 1.165) is 11.1 Å². The number of carbonyl (C=O) groups is 2. The van der Waals surface area contributed by atoms with E-state index >= 15 is 0 Å². The number of ether oxygens (including phenoxy) is 2. The summed E-state index contributed by atoms with van der Waals surface area (Å²) in [7, 11) is 1.55. The zero-order chi connectivity index (χ0) is 19.9. The third kappa shape index (κ3) is 4.40. The predicted octanol–water partition coefficient (Wildman–Crippen LogP) is 3.42. The van der Waals surface area contributed by atoms with Gasteiger partial charge in [-0.15, -0.1) is 0 Å². The molecule has 1 aliphatic heterocycles. The summed E-state index contributed by atoms with van der Waals surface area (Å²) in [5.41, 5.74) is 2.82. The smallest absolute Gasteiger partial charge is 0.338 e. The van der Waals surface area contributed by atoms with E-state index in [1.54, 1.807) is 18.9 Å². The van der Waals surface area contributed by atoms with Crippen molar-refractivity contribution in [2.45, 2.75) is 19.5 Å². The van der Waals surface area contributed by atoms with Crippen molar-refractivity contribution in [3.63, 3.8) is 0 Å². The van der Waals surface area contributed by atoms with E-state index in [0.29, 0.717) is 24.4 Å². The molecule has 0 bridgehead atoms. The fourth-order valence-electron chi connectivity index (χ4n) is 3.19. The van der Waals surface area contributed by atoms with Crippen LogP contribution in [0.25, 0.3) is 0 Å². The molecule has 0 unspecified atom stereocenters. The lowest BCUT2D eigenvalue weighted by molar-refractivity contribution is -0.140. The van der Waals surface area contributed by atoms with Crippen molar-refractivity contribution in [2.24, 2.45) is 0 Å². The number of amides is 2. The number of hydrogen-bond acceptors (Lipinski definition) is 4. The van der Waals surface area contributed by atoms with Crippen LogP contribution in [0.5, 0.6) is 0 Å². The number of methoxy groups -OCH3 is 1. The zero-order valence-corrected chi connectivity index (χ0v) is 16.1. The highest BCUT2D eigenvalue weighted by Crippen LogP contribution is 2.32. The maximum atomic E-state index is 12.9. The average molecular weight is 380 g/mol. The van der Waals surface area contributed by atoms with Crippen molar-refractivity contribution in [2.75, 3.05) is 20.3 Å². The average Bonchev–Trinajstić information content (AvgIpc) is 2.72. The van der Waals surface area contributed by atoms with Gasteiger partial charge in [0.1, 0.15) is 6.61 Å². The Balaban J connectivity index is 1.96. The minimum absolute atomic E-state index is 0.153. The number of nitrogens with one attached hydrogen (secondary N) is 1. The highest BCUT2D eigenvalue weighted by Gasteiger charge is 2.36. The molecule has 1 N–H and O–H groups in total. The van der Waals surface area contributed by atoms with E-state index in [-0.39, 0.29) is 12.6 Å². The number of rotatable bonds is 7. The molecule has 1 atom stereocenters. The number of benzene rings is 2. The number of urea groups is 1. The van der Waals surface area contributed by atoms with Gasteiger partial charge < -0.3 is 14.8 Å². The molecule has 2 aromatic rings. The van der Waals surface area contributed by atoms with Gasteiger partial charge in [0.05, 0.1) is 24.8 Å². The molecule has 2 aromatic carbocycles. The molecule has 0 radical (unpaired) electrons. The molecule has 1 heterocycles. The van der Waals surface area contributed by atoms with Crippen LogP contribution in [0.3, 0.4) is 0 Å². The van der Waals surface area contributed by atoms with Crippen molar-refractivity contribution < 1.29 is 19.1 Å². The van der Waals surface area contributed by atoms with Crippen LogP contribution in [0.15, 0.2) is 71.9 Å². The molecule has 0 saturated carbocycles. The molecule has 6 heteroatoms. The van der Waals surface area contributed by atoms with Crippen molar-refractivity contribution in [3.05, 3.63) is 83.1 Å². The van der Waals surface area contributed by atoms with Crippen LogP contribution in [-0.4, -0.2) is 37.2 Å². The van der Waals surface area contributed by atoms with E-state index in [4.69, 9.17) is 9.47 Å². The summed E-state index contributed by atoms with van der Waals surface area (Å²) in [5, 5.41) is 2.95. The van der Waals surface area contributed by atoms with Crippen LogP contribution in [0, 0.1) is 0 Å². The Hall–Kier alpha value is -3.12. The fraction of sp³-hybridized carbons (Fsp3) is 0.273. The summed E-state index contributed by atoms with van der Waals surface area (Å²) in [6.45, 7) is 2.62. The van der Waals surface area contributed by atoms with E-state index in [1.165, 1.54) is 0 Å². The van der Waals surface area contributed by atoms with Crippen LogP contribution < -0.4 is 5.32 Å². The summed E-state index contributed by atoms with van der Waals surface area (Å²) in [4.78, 5) is 27.3. The largest absolute Gasteiger partial charge is 0.460 e. The number of hydrogen-bond donors (Lipinski definition) is 1. The van der Waals surface area contributed by atoms with Gasteiger partial charge in [-0.2, -0.15) is 0 Å². The Labute approximate surface area is 164 Å². The van der Waals surface area contributed by atoms with Gasteiger partial charge in [-0.1, -0.05) is 60.7 Å². The van der Waals surface area contributed by atoms with E-state index in [9.17, 15) is 9.59 Å². The van der Waals surface area contributed by atoms with Gasteiger partial charge >= 0.3 is 12.0 Å². The summed E-state index contributed by atoms with van der Waals surface area (Å²) < 4.78 is 10.3. The summed E-state index contributed by atoms with van der Waals surface area (Å²) in [5.74, 6) is -0.457. The van der Waals surface area contributed by atoms with Gasteiger partial charge in [0.15, 0.2) is 0 Å². The predicted molar refractivity (Wildman–Crippen MR) is 105 cm³/mol. The first-order valence-corrected chi connectivity index (χ1v) is 9.15. The highest BCUT2D eigenvalue weighted by atomic mass is 16.6. The second kappa shape index (κ2) is 9.19. The maximum Gasteiger partial charge on any atom is 0.338 e. The maximum absolute atomic E-state index is 12.9. The number of allylic oxidation sites excluding steroid dienone is 1. The number of esters is 1. The second-order valence-electron chi connectivity index (χ2n) is 6.49. The summed E-state index contributed by atoms with van der Waals surface area (Å²) in [6, 6.07) is 18.3. The van der Waals surface area contributed by atoms with Gasteiger partial charge in [-0.25, -0.2) is 9.59 Å². The molecule has 146 valence electrons. The molecule has 3 rings (SSSR count). The van der Waals surface area contributed by atoms with Crippen LogP contribution in [0.2, 0.25) is 0 Å². The topological polar surface area (TPSA) is 67.9 Å². The Morgan fingerprint density at radius 3 is 2.32 bits per heavy atom. The Morgan fingerprint density at radius 2 is 1.68 bits per heavy atom. The molecule has 1 aliphatic rings. The van der Waals surface area contributed by atoms with Gasteiger partial charge in [-0.05, 0) is 18.1 Å². The lowest BCUT2D eigenvalue weighted by atomic mass is 9.94. The first-order valence-electron chi connectivity index (χ1n) is 9.15. The van der Waals surface area contributed by atoms with Gasteiger partial charge in [0, 0.05) is 12.8 Å². The van der Waals surface area contributed by atoms with E-state index < -0.39 is 12.0 Å². The van der Waals surface area contributed by atoms with Crippen LogP contribution in [0.4, 0.5) is 4.79 Å². The molecule has 0 fully saturated rings. The second-order valence-corrected chi connectivity index (χ2v) is 6.49. The normalized spacial score (nSPS) is 16.7. The Bertz CT molecular complexity index is 849. The molecule has 6 nitrogen and oxygen atoms in total. The minimum atomic E-state index is -0.559. The SMILES string of the molecule is COCCOC(=O)C1=C(C)N(Cc2ccccc2)C(=O)N[C@@H]1c1ccccc1. The van der Waals surface area contributed by atoms with Gasteiger partial charge in [-0.3, -0.25) is 4.90 Å². The third-order valence-electron chi connectivity index (χ3n) is 4.65. The first-order chi connectivity index (χ1) is 13.6. The van der Waals surface area contributed by atoms with Gasteiger partial charge in [0.2, 0.25) is 0 Å². The Kier molecular flexibility index (Phi) is 6.45. The van der Waals surface area contributed by atoms with Crippen molar-refractivity contribution in [3.8, 4) is 0 Å². The quantitative estimate of drug-likeness (QED) is 0.590. The van der Waals surface area contributed by atoms with Crippen LogP contribution >= 0.6 is 0 Å². The fourth-order valence-corrected chi connectivity index (χ4v) is 3.19. The van der Waals surface area contributed by atoms with Crippen LogP contribution in [-0.2, 0) is 20.8 Å². The van der Waals surface area contributed by atoms with E-state index in [2.05, 4.69) is 5.32 Å². The molecule has 0 saturated heterocycles. The third-order valence-corrected chi connectivity index (χ3v) is 4.65. The molecule has 2 amide bonds. The Morgan fingerprint density at radius 1 is 1.04 bits per heavy atom. The molecule has 0 spiro atoms. The molecular weight excluding hydrogens is 356 g/mol. The van der Waals surface area contributed by atoms with Crippen molar-refractivity contribution in [1.29, 1.82) is 0 Å². The molecule has 0 aliphatic carbocycles. The van der Waals surface area contributed by atoms with Crippen molar-refractivity contribution >= 4 is 12.0 Å².